The Hall–Kier alpha value is -0.910. The van der Waals surface area contributed by atoms with Crippen molar-refractivity contribution in [2.24, 2.45) is 0 Å². The van der Waals surface area contributed by atoms with E-state index in [-0.39, 0.29) is 18.3 Å². The summed E-state index contributed by atoms with van der Waals surface area (Å²) in [5, 5.41) is 8.63. The summed E-state index contributed by atoms with van der Waals surface area (Å²) in [6, 6.07) is 9.65. The first-order chi connectivity index (χ1) is 9.05. The zero-order valence-electron chi connectivity index (χ0n) is 11.4. The lowest BCUT2D eigenvalue weighted by Crippen LogP contribution is -2.29. The van der Waals surface area contributed by atoms with Gasteiger partial charge in [0, 0.05) is 13.2 Å². The Balaban J connectivity index is 2.38. The van der Waals surface area contributed by atoms with E-state index in [1.54, 1.807) is 0 Å². The topological polar surface area (TPSA) is 66.4 Å². The molecule has 19 heavy (non-hydrogen) atoms. The molecule has 0 fully saturated rings. The SMILES string of the molecule is CC(CS(=O)(=O)NCCCCCO)c1ccccc1. The summed E-state index contributed by atoms with van der Waals surface area (Å²) < 4.78 is 26.4. The van der Waals surface area contributed by atoms with Gasteiger partial charge in [0.05, 0.1) is 5.75 Å². The summed E-state index contributed by atoms with van der Waals surface area (Å²) in [6.45, 7) is 2.53. The lowest BCUT2D eigenvalue weighted by atomic mass is 10.0. The number of sulfonamides is 1. The van der Waals surface area contributed by atoms with E-state index in [4.69, 9.17) is 5.11 Å². The minimum absolute atomic E-state index is 0.0175. The molecular formula is C14H23NO3S. The van der Waals surface area contributed by atoms with E-state index in [0.29, 0.717) is 6.54 Å². The minimum atomic E-state index is -3.23. The van der Waals surface area contributed by atoms with Gasteiger partial charge < -0.3 is 5.11 Å². The summed E-state index contributed by atoms with van der Waals surface area (Å²) >= 11 is 0. The molecule has 1 aromatic rings. The number of hydrogen-bond acceptors (Lipinski definition) is 3. The molecule has 1 aromatic carbocycles. The average molecular weight is 285 g/mol. The van der Waals surface area contributed by atoms with Gasteiger partial charge in [0.1, 0.15) is 0 Å². The Morgan fingerprint density at radius 1 is 1.16 bits per heavy atom. The van der Waals surface area contributed by atoms with Crippen LogP contribution in [0.5, 0.6) is 0 Å². The van der Waals surface area contributed by atoms with Crippen molar-refractivity contribution in [1.82, 2.24) is 4.72 Å². The molecule has 0 saturated carbocycles. The van der Waals surface area contributed by atoms with E-state index in [1.165, 1.54) is 0 Å². The monoisotopic (exact) mass is 285 g/mol. The minimum Gasteiger partial charge on any atom is -0.396 e. The number of aliphatic hydroxyl groups is 1. The van der Waals surface area contributed by atoms with E-state index < -0.39 is 10.0 Å². The van der Waals surface area contributed by atoms with Crippen molar-refractivity contribution < 1.29 is 13.5 Å². The van der Waals surface area contributed by atoms with Gasteiger partial charge in [0.2, 0.25) is 10.0 Å². The maximum atomic E-state index is 11.9. The molecular weight excluding hydrogens is 262 g/mol. The van der Waals surface area contributed by atoms with Crippen LogP contribution in [0.1, 0.15) is 37.7 Å². The fraction of sp³-hybridized carbons (Fsp3) is 0.571. The molecule has 0 aliphatic carbocycles. The van der Waals surface area contributed by atoms with Crippen LogP contribution in [0.2, 0.25) is 0 Å². The van der Waals surface area contributed by atoms with Crippen LogP contribution in [0.3, 0.4) is 0 Å². The first-order valence-electron chi connectivity index (χ1n) is 6.68. The molecule has 108 valence electrons. The van der Waals surface area contributed by atoms with E-state index >= 15 is 0 Å². The van der Waals surface area contributed by atoms with Gasteiger partial charge >= 0.3 is 0 Å². The summed E-state index contributed by atoms with van der Waals surface area (Å²) in [4.78, 5) is 0. The van der Waals surface area contributed by atoms with Crippen molar-refractivity contribution in [3.05, 3.63) is 35.9 Å². The maximum absolute atomic E-state index is 11.9. The Morgan fingerprint density at radius 3 is 2.47 bits per heavy atom. The Kier molecular flexibility index (Phi) is 7.05. The van der Waals surface area contributed by atoms with Crippen LogP contribution in [-0.4, -0.2) is 32.4 Å². The number of hydrogen-bond donors (Lipinski definition) is 2. The lowest BCUT2D eigenvalue weighted by Gasteiger charge is -2.13. The van der Waals surface area contributed by atoms with Crippen LogP contribution in [0.15, 0.2) is 30.3 Å². The second kappa shape index (κ2) is 8.30. The van der Waals surface area contributed by atoms with Gasteiger partial charge in [-0.15, -0.1) is 0 Å². The van der Waals surface area contributed by atoms with E-state index in [1.807, 2.05) is 37.3 Å². The molecule has 4 nitrogen and oxygen atoms in total. The predicted octanol–water partition coefficient (Wildman–Crippen LogP) is 1.87. The van der Waals surface area contributed by atoms with Crippen molar-refractivity contribution in [2.75, 3.05) is 18.9 Å². The predicted molar refractivity (Wildman–Crippen MR) is 77.6 cm³/mol. The van der Waals surface area contributed by atoms with E-state index in [2.05, 4.69) is 4.72 Å². The largest absolute Gasteiger partial charge is 0.396 e. The van der Waals surface area contributed by atoms with Gasteiger partial charge in [0.15, 0.2) is 0 Å². The lowest BCUT2D eigenvalue weighted by molar-refractivity contribution is 0.283. The van der Waals surface area contributed by atoms with Gasteiger partial charge in [-0.25, -0.2) is 13.1 Å². The van der Waals surface area contributed by atoms with Gasteiger partial charge in [-0.05, 0) is 30.7 Å². The fourth-order valence-corrected chi connectivity index (χ4v) is 3.33. The van der Waals surface area contributed by atoms with Gasteiger partial charge in [0.25, 0.3) is 0 Å². The Labute approximate surface area is 115 Å². The van der Waals surface area contributed by atoms with E-state index in [0.717, 1.165) is 24.8 Å². The number of rotatable bonds is 9. The average Bonchev–Trinajstić information content (AvgIpc) is 2.39. The third-order valence-electron chi connectivity index (χ3n) is 2.99. The molecule has 1 atom stereocenters. The quantitative estimate of drug-likeness (QED) is 0.681. The molecule has 0 spiro atoms. The van der Waals surface area contributed by atoms with Crippen molar-refractivity contribution in [1.29, 1.82) is 0 Å². The molecule has 0 aromatic heterocycles. The molecule has 0 aliphatic rings. The Bertz CT molecular complexity index is 445. The van der Waals surface area contributed by atoms with Crippen molar-refractivity contribution in [3.63, 3.8) is 0 Å². The second-order valence-electron chi connectivity index (χ2n) is 4.77. The molecule has 0 bridgehead atoms. The number of aliphatic hydroxyl groups excluding tert-OH is 1. The second-order valence-corrected chi connectivity index (χ2v) is 6.62. The molecule has 5 heteroatoms. The summed E-state index contributed by atoms with van der Waals surface area (Å²) in [5.74, 6) is 0.0907. The highest BCUT2D eigenvalue weighted by Crippen LogP contribution is 2.16. The zero-order valence-corrected chi connectivity index (χ0v) is 12.2. The molecule has 1 unspecified atom stereocenters. The summed E-state index contributed by atoms with van der Waals surface area (Å²) in [6.07, 6.45) is 2.33. The highest BCUT2D eigenvalue weighted by atomic mass is 32.2. The first kappa shape index (κ1) is 16.1. The van der Waals surface area contributed by atoms with Crippen LogP contribution in [-0.2, 0) is 10.0 Å². The van der Waals surface area contributed by atoms with Crippen LogP contribution < -0.4 is 4.72 Å². The smallest absolute Gasteiger partial charge is 0.212 e. The summed E-state index contributed by atoms with van der Waals surface area (Å²) in [7, 11) is -3.23. The van der Waals surface area contributed by atoms with Crippen LogP contribution in [0, 0.1) is 0 Å². The number of nitrogens with one attached hydrogen (secondary N) is 1. The third kappa shape index (κ3) is 6.71. The summed E-state index contributed by atoms with van der Waals surface area (Å²) in [5.41, 5.74) is 1.04. The number of unbranched alkanes of at least 4 members (excludes halogenated alkanes) is 2. The molecule has 0 amide bonds. The van der Waals surface area contributed by atoms with Crippen molar-refractivity contribution >= 4 is 10.0 Å². The first-order valence-corrected chi connectivity index (χ1v) is 8.33. The van der Waals surface area contributed by atoms with Crippen molar-refractivity contribution in [3.8, 4) is 0 Å². The van der Waals surface area contributed by atoms with Crippen LogP contribution in [0.25, 0.3) is 0 Å². The Morgan fingerprint density at radius 2 is 1.84 bits per heavy atom. The third-order valence-corrected chi connectivity index (χ3v) is 4.58. The highest BCUT2D eigenvalue weighted by molar-refractivity contribution is 7.89. The van der Waals surface area contributed by atoms with Gasteiger partial charge in [-0.3, -0.25) is 0 Å². The molecule has 0 heterocycles. The van der Waals surface area contributed by atoms with Crippen LogP contribution >= 0.6 is 0 Å². The highest BCUT2D eigenvalue weighted by Gasteiger charge is 2.16. The zero-order chi connectivity index (χ0) is 14.1. The molecule has 2 N–H and O–H groups in total. The standard InChI is InChI=1S/C14H23NO3S/c1-13(14-8-4-2-5-9-14)12-19(17,18)15-10-6-3-7-11-16/h2,4-5,8-9,13,15-16H,3,6-7,10-12H2,1H3. The fourth-order valence-electron chi connectivity index (χ4n) is 1.91. The maximum Gasteiger partial charge on any atom is 0.212 e. The van der Waals surface area contributed by atoms with Gasteiger partial charge in [-0.2, -0.15) is 0 Å². The number of benzene rings is 1. The normalized spacial score (nSPS) is 13.4. The van der Waals surface area contributed by atoms with Crippen molar-refractivity contribution in [2.45, 2.75) is 32.1 Å². The van der Waals surface area contributed by atoms with Gasteiger partial charge in [-0.1, -0.05) is 37.3 Å². The molecule has 1 rings (SSSR count). The molecule has 0 saturated heterocycles. The molecule has 0 radical (unpaired) electrons. The van der Waals surface area contributed by atoms with E-state index in [9.17, 15) is 8.42 Å². The van der Waals surface area contributed by atoms with Crippen LogP contribution in [0.4, 0.5) is 0 Å². The molecule has 0 aliphatic heterocycles.